The van der Waals surface area contributed by atoms with E-state index in [-0.39, 0.29) is 11.8 Å². The Morgan fingerprint density at radius 1 is 1.25 bits per heavy atom. The summed E-state index contributed by atoms with van der Waals surface area (Å²) in [7, 11) is 0. The lowest BCUT2D eigenvalue weighted by atomic mass is 10.1. The van der Waals surface area contributed by atoms with Crippen LogP contribution in [0, 0.1) is 0 Å². The van der Waals surface area contributed by atoms with Crippen LogP contribution in [-0.2, 0) is 16.1 Å². The summed E-state index contributed by atoms with van der Waals surface area (Å²) >= 11 is 0. The van der Waals surface area contributed by atoms with Crippen LogP contribution in [0.15, 0.2) is 4.52 Å². The molecule has 0 N–H and O–H groups in total. The van der Waals surface area contributed by atoms with E-state index in [1.165, 1.54) is 6.42 Å². The van der Waals surface area contributed by atoms with Gasteiger partial charge < -0.3 is 14.2 Å². The lowest BCUT2D eigenvalue weighted by Gasteiger charge is -2.23. The molecule has 0 unspecified atom stereocenters. The van der Waals surface area contributed by atoms with Crippen molar-refractivity contribution in [2.75, 3.05) is 19.8 Å². The monoisotopic (exact) mass is 279 g/mol. The minimum Gasteiger partial charge on any atom is -0.381 e. The lowest BCUT2D eigenvalue weighted by Crippen LogP contribution is -2.32. The number of ether oxygens (including phenoxy) is 1. The van der Waals surface area contributed by atoms with Crippen LogP contribution in [0.5, 0.6) is 0 Å². The van der Waals surface area contributed by atoms with E-state index in [9.17, 15) is 4.79 Å². The Hall–Kier alpha value is -1.43. The molecule has 0 radical (unpaired) electrons. The minimum absolute atomic E-state index is 0.202. The average Bonchev–Trinajstić information content (AvgIpc) is 3.08. The summed E-state index contributed by atoms with van der Waals surface area (Å²) in [4.78, 5) is 18.3. The van der Waals surface area contributed by atoms with Gasteiger partial charge in [-0.15, -0.1) is 0 Å². The fourth-order valence-electron chi connectivity index (χ4n) is 2.78. The fourth-order valence-corrected chi connectivity index (χ4v) is 2.78. The summed E-state index contributed by atoms with van der Waals surface area (Å²) in [5, 5.41) is 4.03. The van der Waals surface area contributed by atoms with E-state index in [2.05, 4.69) is 10.1 Å². The third kappa shape index (κ3) is 3.17. The highest BCUT2D eigenvalue weighted by Gasteiger charge is 2.24. The second-order valence-corrected chi connectivity index (χ2v) is 5.59. The van der Waals surface area contributed by atoms with Crippen molar-refractivity contribution in [3.63, 3.8) is 0 Å². The molecule has 6 heteroatoms. The quantitative estimate of drug-likeness (QED) is 0.844. The molecule has 0 aromatic carbocycles. The number of carbonyl (C=O) groups is 1. The van der Waals surface area contributed by atoms with E-state index in [1.54, 1.807) is 0 Å². The molecule has 2 fully saturated rings. The van der Waals surface area contributed by atoms with Crippen LogP contribution in [0.3, 0.4) is 0 Å². The van der Waals surface area contributed by atoms with Crippen molar-refractivity contribution in [3.8, 4) is 0 Å². The SMILES string of the molecule is O=C1CCCCCCN1Cc1nc([C@H]2CCOC2)no1. The van der Waals surface area contributed by atoms with Crippen LogP contribution in [0.1, 0.15) is 56.2 Å². The number of nitrogens with zero attached hydrogens (tertiary/aromatic N) is 3. The summed E-state index contributed by atoms with van der Waals surface area (Å²) in [6.07, 6.45) is 5.98. The maximum absolute atomic E-state index is 12.1. The molecule has 1 amide bonds. The van der Waals surface area contributed by atoms with E-state index in [0.717, 1.165) is 44.7 Å². The topological polar surface area (TPSA) is 68.5 Å². The second kappa shape index (κ2) is 6.35. The zero-order chi connectivity index (χ0) is 13.8. The first-order valence-corrected chi connectivity index (χ1v) is 7.51. The predicted octanol–water partition coefficient (Wildman–Crippen LogP) is 1.87. The molecule has 1 aromatic rings. The number of hydrogen-bond acceptors (Lipinski definition) is 5. The van der Waals surface area contributed by atoms with E-state index in [4.69, 9.17) is 9.26 Å². The molecule has 0 saturated carbocycles. The molecule has 1 aromatic heterocycles. The van der Waals surface area contributed by atoms with Crippen molar-refractivity contribution < 1.29 is 14.1 Å². The van der Waals surface area contributed by atoms with Crippen molar-refractivity contribution in [3.05, 3.63) is 11.7 Å². The predicted molar refractivity (Wildman–Crippen MR) is 71.0 cm³/mol. The summed E-state index contributed by atoms with van der Waals surface area (Å²) in [6, 6.07) is 0. The number of carbonyl (C=O) groups excluding carboxylic acids is 1. The zero-order valence-electron chi connectivity index (χ0n) is 11.7. The van der Waals surface area contributed by atoms with E-state index < -0.39 is 0 Å². The number of aromatic nitrogens is 2. The molecule has 0 aliphatic carbocycles. The highest BCUT2D eigenvalue weighted by atomic mass is 16.5. The molecular formula is C14H21N3O3. The molecule has 0 spiro atoms. The summed E-state index contributed by atoms with van der Waals surface area (Å²) in [6.45, 7) is 2.67. The average molecular weight is 279 g/mol. The fraction of sp³-hybridized carbons (Fsp3) is 0.786. The standard InChI is InChI=1S/C14H21N3O3/c18-13-5-3-1-2-4-7-17(13)9-12-15-14(16-20-12)11-6-8-19-10-11/h11H,1-10H2/t11-/m0/s1. The maximum atomic E-state index is 12.1. The first-order chi connectivity index (χ1) is 9.83. The van der Waals surface area contributed by atoms with Crippen molar-refractivity contribution >= 4 is 5.91 Å². The molecule has 0 bridgehead atoms. The van der Waals surface area contributed by atoms with Crippen LogP contribution in [-0.4, -0.2) is 40.7 Å². The summed E-state index contributed by atoms with van der Waals surface area (Å²) < 4.78 is 10.6. The van der Waals surface area contributed by atoms with Gasteiger partial charge in [-0.2, -0.15) is 4.98 Å². The van der Waals surface area contributed by atoms with Crippen LogP contribution in [0.25, 0.3) is 0 Å². The van der Waals surface area contributed by atoms with Gasteiger partial charge in [-0.05, 0) is 19.3 Å². The highest BCUT2D eigenvalue weighted by Crippen LogP contribution is 2.23. The Labute approximate surface area is 118 Å². The van der Waals surface area contributed by atoms with Gasteiger partial charge in [-0.1, -0.05) is 18.0 Å². The molecule has 110 valence electrons. The van der Waals surface area contributed by atoms with Gasteiger partial charge in [0.25, 0.3) is 0 Å². The first-order valence-electron chi connectivity index (χ1n) is 7.51. The van der Waals surface area contributed by atoms with Gasteiger partial charge in [0.2, 0.25) is 11.8 Å². The van der Waals surface area contributed by atoms with Crippen LogP contribution in [0.2, 0.25) is 0 Å². The van der Waals surface area contributed by atoms with E-state index in [0.29, 0.717) is 25.5 Å². The van der Waals surface area contributed by atoms with Crippen molar-refractivity contribution in [1.82, 2.24) is 15.0 Å². The molecule has 2 saturated heterocycles. The molecule has 3 heterocycles. The Kier molecular flexibility index (Phi) is 4.30. The molecule has 6 nitrogen and oxygen atoms in total. The minimum atomic E-state index is 0.202. The summed E-state index contributed by atoms with van der Waals surface area (Å²) in [5.41, 5.74) is 0. The second-order valence-electron chi connectivity index (χ2n) is 5.59. The van der Waals surface area contributed by atoms with Crippen molar-refractivity contribution in [1.29, 1.82) is 0 Å². The Morgan fingerprint density at radius 2 is 2.15 bits per heavy atom. The number of amides is 1. The van der Waals surface area contributed by atoms with Gasteiger partial charge in [0.15, 0.2) is 5.82 Å². The van der Waals surface area contributed by atoms with Crippen molar-refractivity contribution in [2.24, 2.45) is 0 Å². The lowest BCUT2D eigenvalue weighted by molar-refractivity contribution is -0.132. The highest BCUT2D eigenvalue weighted by molar-refractivity contribution is 5.76. The van der Waals surface area contributed by atoms with Gasteiger partial charge in [0.05, 0.1) is 13.2 Å². The largest absolute Gasteiger partial charge is 0.381 e. The Bertz CT molecular complexity index is 454. The number of likely N-dealkylation sites (tertiary alicyclic amines) is 1. The molecule has 20 heavy (non-hydrogen) atoms. The molecule has 2 aliphatic rings. The summed E-state index contributed by atoms with van der Waals surface area (Å²) in [5.74, 6) is 1.71. The van der Waals surface area contributed by atoms with Crippen LogP contribution >= 0.6 is 0 Å². The van der Waals surface area contributed by atoms with Crippen molar-refractivity contribution in [2.45, 2.75) is 51.0 Å². The molecule has 1 atom stereocenters. The van der Waals surface area contributed by atoms with E-state index in [1.807, 2.05) is 4.90 Å². The first kappa shape index (κ1) is 13.5. The number of rotatable bonds is 3. The third-order valence-electron chi connectivity index (χ3n) is 4.03. The maximum Gasteiger partial charge on any atom is 0.246 e. The Balaban J connectivity index is 1.62. The van der Waals surface area contributed by atoms with Crippen LogP contribution in [0.4, 0.5) is 0 Å². The normalized spacial score (nSPS) is 24.7. The molecule has 3 rings (SSSR count). The molecule has 2 aliphatic heterocycles. The smallest absolute Gasteiger partial charge is 0.246 e. The van der Waals surface area contributed by atoms with E-state index >= 15 is 0 Å². The van der Waals surface area contributed by atoms with Gasteiger partial charge >= 0.3 is 0 Å². The van der Waals surface area contributed by atoms with Crippen LogP contribution < -0.4 is 0 Å². The van der Waals surface area contributed by atoms with Gasteiger partial charge in [0.1, 0.15) is 0 Å². The number of hydrogen-bond donors (Lipinski definition) is 0. The van der Waals surface area contributed by atoms with Gasteiger partial charge in [0, 0.05) is 25.5 Å². The zero-order valence-corrected chi connectivity index (χ0v) is 11.7. The van der Waals surface area contributed by atoms with Gasteiger partial charge in [-0.3, -0.25) is 4.79 Å². The Morgan fingerprint density at radius 3 is 3.00 bits per heavy atom. The molecular weight excluding hydrogens is 258 g/mol. The van der Waals surface area contributed by atoms with Gasteiger partial charge in [-0.25, -0.2) is 0 Å². The third-order valence-corrected chi connectivity index (χ3v) is 4.03.